The first kappa shape index (κ1) is 16.5. The zero-order valence-corrected chi connectivity index (χ0v) is 14.5. The maximum absolute atomic E-state index is 12.0. The summed E-state index contributed by atoms with van der Waals surface area (Å²) in [7, 11) is 0. The number of rotatable bonds is 4. The van der Waals surface area contributed by atoms with Crippen molar-refractivity contribution in [1.29, 1.82) is 0 Å². The smallest absolute Gasteiger partial charge is 0.340 e. The third kappa shape index (κ3) is 3.14. The molecule has 0 bridgehead atoms. The summed E-state index contributed by atoms with van der Waals surface area (Å²) in [4.78, 5) is 18.6. The maximum atomic E-state index is 12.0. The molecule has 24 heavy (non-hydrogen) atoms. The molecular weight excluding hydrogens is 300 g/mol. The lowest BCUT2D eigenvalue weighted by Gasteiger charge is -2.21. The molecule has 1 aliphatic rings. The van der Waals surface area contributed by atoms with Crippen LogP contribution in [-0.4, -0.2) is 29.1 Å². The number of benzene rings is 1. The molecule has 1 fully saturated rings. The van der Waals surface area contributed by atoms with Gasteiger partial charge in [-0.1, -0.05) is 38.1 Å². The van der Waals surface area contributed by atoms with Crippen LogP contribution in [0.1, 0.15) is 54.2 Å². The van der Waals surface area contributed by atoms with Gasteiger partial charge in [0.1, 0.15) is 11.4 Å². The van der Waals surface area contributed by atoms with E-state index in [9.17, 15) is 9.90 Å². The van der Waals surface area contributed by atoms with Crippen molar-refractivity contribution in [3.63, 3.8) is 0 Å². The summed E-state index contributed by atoms with van der Waals surface area (Å²) in [5, 5.41) is 9.84. The van der Waals surface area contributed by atoms with Crippen LogP contribution >= 0.6 is 0 Å². The molecule has 0 saturated carbocycles. The van der Waals surface area contributed by atoms with Crippen molar-refractivity contribution in [2.45, 2.75) is 39.5 Å². The minimum absolute atomic E-state index is 0.319. The molecule has 0 spiro atoms. The Labute approximate surface area is 143 Å². The van der Waals surface area contributed by atoms with Crippen LogP contribution in [0.4, 0.5) is 5.82 Å². The molecule has 1 aromatic carbocycles. The van der Waals surface area contributed by atoms with Gasteiger partial charge >= 0.3 is 5.97 Å². The maximum Gasteiger partial charge on any atom is 0.340 e. The fourth-order valence-electron chi connectivity index (χ4n) is 3.30. The summed E-state index contributed by atoms with van der Waals surface area (Å²) in [5.74, 6) is 0.160. The highest BCUT2D eigenvalue weighted by atomic mass is 16.4. The number of carboxylic acids is 1. The van der Waals surface area contributed by atoms with Crippen LogP contribution in [0.15, 0.2) is 30.3 Å². The van der Waals surface area contributed by atoms with Gasteiger partial charge in [0, 0.05) is 24.3 Å². The van der Waals surface area contributed by atoms with E-state index in [-0.39, 0.29) is 0 Å². The minimum atomic E-state index is -0.910. The van der Waals surface area contributed by atoms with Crippen molar-refractivity contribution in [3.05, 3.63) is 47.2 Å². The molecule has 0 unspecified atom stereocenters. The Morgan fingerprint density at radius 3 is 2.33 bits per heavy atom. The normalized spacial score (nSPS) is 14.4. The molecule has 4 nitrogen and oxygen atoms in total. The van der Waals surface area contributed by atoms with Crippen LogP contribution in [0.5, 0.6) is 0 Å². The Balaban J connectivity index is 2.13. The van der Waals surface area contributed by atoms with E-state index < -0.39 is 5.97 Å². The molecule has 1 aromatic heterocycles. The summed E-state index contributed by atoms with van der Waals surface area (Å²) in [5.41, 5.74) is 4.11. The quantitative estimate of drug-likeness (QED) is 0.901. The van der Waals surface area contributed by atoms with E-state index in [0.717, 1.165) is 42.8 Å². The number of hydrogen-bond acceptors (Lipinski definition) is 3. The minimum Gasteiger partial charge on any atom is -0.478 e. The van der Waals surface area contributed by atoms with Gasteiger partial charge in [0.05, 0.1) is 0 Å². The predicted molar refractivity (Wildman–Crippen MR) is 96.9 cm³/mol. The fourth-order valence-corrected chi connectivity index (χ4v) is 3.30. The molecule has 3 rings (SSSR count). The van der Waals surface area contributed by atoms with Gasteiger partial charge in [0.15, 0.2) is 0 Å². The predicted octanol–water partition coefficient (Wildman–Crippen LogP) is 4.48. The molecule has 1 aliphatic heterocycles. The van der Waals surface area contributed by atoms with E-state index in [4.69, 9.17) is 0 Å². The van der Waals surface area contributed by atoms with Crippen LogP contribution in [-0.2, 0) is 0 Å². The van der Waals surface area contributed by atoms with E-state index in [1.165, 1.54) is 5.56 Å². The average molecular weight is 324 g/mol. The second kappa shape index (κ2) is 6.63. The summed E-state index contributed by atoms with van der Waals surface area (Å²) in [6.07, 6.45) is 2.18. The molecule has 0 atom stereocenters. The Kier molecular flexibility index (Phi) is 4.56. The number of aromatic carboxylic acids is 1. The highest BCUT2D eigenvalue weighted by Crippen LogP contribution is 2.33. The molecule has 2 heterocycles. The van der Waals surface area contributed by atoms with Gasteiger partial charge in [-0.05, 0) is 42.9 Å². The number of carbonyl (C=O) groups is 1. The number of aromatic nitrogens is 1. The van der Waals surface area contributed by atoms with Gasteiger partial charge < -0.3 is 10.0 Å². The third-order valence-electron chi connectivity index (χ3n) is 4.64. The molecule has 1 N–H and O–H groups in total. The van der Waals surface area contributed by atoms with Crippen molar-refractivity contribution in [1.82, 2.24) is 4.98 Å². The first-order valence-electron chi connectivity index (χ1n) is 8.57. The van der Waals surface area contributed by atoms with Crippen molar-refractivity contribution in [2.24, 2.45) is 0 Å². The Bertz CT molecular complexity index is 745. The van der Waals surface area contributed by atoms with E-state index in [2.05, 4.69) is 35.9 Å². The Morgan fingerprint density at radius 1 is 1.17 bits per heavy atom. The van der Waals surface area contributed by atoms with Gasteiger partial charge in [-0.3, -0.25) is 0 Å². The van der Waals surface area contributed by atoms with Gasteiger partial charge in [-0.15, -0.1) is 0 Å². The molecule has 0 radical (unpaired) electrons. The molecule has 4 heteroatoms. The lowest BCUT2D eigenvalue weighted by atomic mass is 9.96. The van der Waals surface area contributed by atoms with Gasteiger partial charge in [0.25, 0.3) is 0 Å². The van der Waals surface area contributed by atoms with Crippen molar-refractivity contribution in [3.8, 4) is 11.1 Å². The first-order chi connectivity index (χ1) is 11.5. The largest absolute Gasteiger partial charge is 0.478 e. The highest BCUT2D eigenvalue weighted by molar-refractivity contribution is 6.01. The summed E-state index contributed by atoms with van der Waals surface area (Å²) >= 11 is 0. The molecule has 0 aliphatic carbocycles. The molecule has 0 amide bonds. The lowest BCUT2D eigenvalue weighted by molar-refractivity contribution is 0.0698. The van der Waals surface area contributed by atoms with Gasteiger partial charge in [0.2, 0.25) is 0 Å². The van der Waals surface area contributed by atoms with E-state index in [1.54, 1.807) is 0 Å². The Morgan fingerprint density at radius 2 is 1.79 bits per heavy atom. The van der Waals surface area contributed by atoms with Crippen LogP contribution in [0.25, 0.3) is 11.1 Å². The van der Waals surface area contributed by atoms with Crippen LogP contribution in [0.3, 0.4) is 0 Å². The molecular formula is C20H24N2O2. The molecule has 2 aromatic rings. The van der Waals surface area contributed by atoms with Crippen LogP contribution in [0, 0.1) is 6.92 Å². The highest BCUT2D eigenvalue weighted by Gasteiger charge is 2.25. The SMILES string of the molecule is Cc1cc(-c2ccc(C(C)C)cc2)c(C(=O)O)c(N2CCCC2)n1. The molecule has 1 saturated heterocycles. The summed E-state index contributed by atoms with van der Waals surface area (Å²) in [6.45, 7) is 7.99. The first-order valence-corrected chi connectivity index (χ1v) is 8.57. The van der Waals surface area contributed by atoms with E-state index in [1.807, 2.05) is 25.1 Å². The van der Waals surface area contributed by atoms with E-state index in [0.29, 0.717) is 17.3 Å². The number of carboxylic acid groups (broad SMARTS) is 1. The van der Waals surface area contributed by atoms with Crippen molar-refractivity contribution >= 4 is 11.8 Å². The third-order valence-corrected chi connectivity index (χ3v) is 4.64. The van der Waals surface area contributed by atoms with Crippen LogP contribution < -0.4 is 4.90 Å². The summed E-state index contributed by atoms with van der Waals surface area (Å²) < 4.78 is 0. The summed E-state index contributed by atoms with van der Waals surface area (Å²) in [6, 6.07) is 10.1. The molecule has 126 valence electrons. The Hall–Kier alpha value is -2.36. The monoisotopic (exact) mass is 324 g/mol. The fraction of sp³-hybridized carbons (Fsp3) is 0.400. The topological polar surface area (TPSA) is 53.4 Å². The van der Waals surface area contributed by atoms with Crippen LogP contribution in [0.2, 0.25) is 0 Å². The standard InChI is InChI=1S/C20H24N2O2/c1-13(2)15-6-8-16(9-7-15)17-12-14(3)21-19(18(17)20(23)24)22-10-4-5-11-22/h6-9,12-13H,4-5,10-11H2,1-3H3,(H,23,24). The van der Waals surface area contributed by atoms with E-state index >= 15 is 0 Å². The second-order valence-corrected chi connectivity index (χ2v) is 6.79. The van der Waals surface area contributed by atoms with Crippen molar-refractivity contribution < 1.29 is 9.90 Å². The second-order valence-electron chi connectivity index (χ2n) is 6.79. The number of nitrogens with zero attached hydrogens (tertiary/aromatic N) is 2. The number of anilines is 1. The van der Waals surface area contributed by atoms with Crippen molar-refractivity contribution in [2.75, 3.05) is 18.0 Å². The van der Waals surface area contributed by atoms with Gasteiger partial charge in [-0.25, -0.2) is 9.78 Å². The average Bonchev–Trinajstić information content (AvgIpc) is 3.08. The number of hydrogen-bond donors (Lipinski definition) is 1. The zero-order chi connectivity index (χ0) is 17.3. The lowest BCUT2D eigenvalue weighted by Crippen LogP contribution is -2.23. The number of aryl methyl sites for hydroxylation is 1. The number of pyridine rings is 1. The zero-order valence-electron chi connectivity index (χ0n) is 14.5. The van der Waals surface area contributed by atoms with Gasteiger partial charge in [-0.2, -0.15) is 0 Å².